The van der Waals surface area contributed by atoms with Crippen molar-refractivity contribution in [3.05, 3.63) is 64.6 Å². The number of nitrogens with zero attached hydrogens (tertiary/aromatic N) is 1. The lowest BCUT2D eigenvalue weighted by atomic mass is 9.83. The van der Waals surface area contributed by atoms with Gasteiger partial charge in [-0.3, -0.25) is 4.79 Å². The molecule has 1 amide bonds. The van der Waals surface area contributed by atoms with Crippen molar-refractivity contribution in [3.63, 3.8) is 0 Å². The highest BCUT2D eigenvalue weighted by molar-refractivity contribution is 9.10. The van der Waals surface area contributed by atoms with Crippen LogP contribution in [0.4, 0.5) is 5.69 Å². The van der Waals surface area contributed by atoms with Crippen molar-refractivity contribution in [2.24, 2.45) is 5.73 Å². The van der Waals surface area contributed by atoms with Gasteiger partial charge in [0, 0.05) is 16.7 Å². The smallest absolute Gasteiger partial charge is 0.247 e. The summed E-state index contributed by atoms with van der Waals surface area (Å²) in [5.74, 6) is 0.0184. The zero-order valence-corrected chi connectivity index (χ0v) is 13.9. The Labute approximate surface area is 139 Å². The highest BCUT2D eigenvalue weighted by Crippen LogP contribution is 2.29. The van der Waals surface area contributed by atoms with Gasteiger partial charge < -0.3 is 10.6 Å². The van der Waals surface area contributed by atoms with Gasteiger partial charge in [-0.15, -0.1) is 0 Å². The molecule has 0 aliphatic carbocycles. The molecule has 1 saturated heterocycles. The van der Waals surface area contributed by atoms with Crippen LogP contribution >= 0.6 is 15.9 Å². The second-order valence-electron chi connectivity index (χ2n) is 5.86. The molecule has 1 aliphatic rings. The summed E-state index contributed by atoms with van der Waals surface area (Å²) in [5, 5.41) is 0. The van der Waals surface area contributed by atoms with E-state index in [1.165, 1.54) is 0 Å². The minimum Gasteiger partial charge on any atom is -0.317 e. The van der Waals surface area contributed by atoms with Crippen LogP contribution in [0.25, 0.3) is 0 Å². The number of benzene rings is 2. The molecule has 1 atom stereocenters. The van der Waals surface area contributed by atoms with Gasteiger partial charge in [0.15, 0.2) is 0 Å². The first kappa shape index (κ1) is 15.3. The third-order valence-corrected chi connectivity index (χ3v) is 4.71. The number of hydrogen-bond donors (Lipinski definition) is 1. The zero-order valence-electron chi connectivity index (χ0n) is 12.3. The number of rotatable bonds is 3. The van der Waals surface area contributed by atoms with Crippen molar-refractivity contribution < 1.29 is 4.79 Å². The molecule has 0 saturated carbocycles. The fourth-order valence-electron chi connectivity index (χ4n) is 3.02. The highest BCUT2D eigenvalue weighted by atomic mass is 79.9. The van der Waals surface area contributed by atoms with E-state index in [-0.39, 0.29) is 5.91 Å². The molecule has 2 N–H and O–H groups in total. The molecule has 22 heavy (non-hydrogen) atoms. The van der Waals surface area contributed by atoms with Crippen molar-refractivity contribution in [1.82, 2.24) is 0 Å². The monoisotopic (exact) mass is 358 g/mol. The third kappa shape index (κ3) is 3.08. The predicted octanol–water partition coefficient (Wildman–Crippen LogP) is 3.52. The summed E-state index contributed by atoms with van der Waals surface area (Å²) < 4.78 is 1.00. The lowest BCUT2D eigenvalue weighted by molar-refractivity contribution is -0.125. The number of hydrogen-bond acceptors (Lipinski definition) is 2. The highest BCUT2D eigenvalue weighted by Gasteiger charge is 2.41. The van der Waals surface area contributed by atoms with Gasteiger partial charge in [-0.25, -0.2) is 0 Å². The molecule has 0 aromatic heterocycles. The minimum absolute atomic E-state index is 0.0184. The fourth-order valence-corrected chi connectivity index (χ4v) is 3.29. The summed E-state index contributed by atoms with van der Waals surface area (Å²) in [6, 6.07) is 17.8. The summed E-state index contributed by atoms with van der Waals surface area (Å²) in [4.78, 5) is 14.7. The van der Waals surface area contributed by atoms with Crippen LogP contribution in [0.1, 0.15) is 18.4 Å². The molecule has 114 valence electrons. The second-order valence-corrected chi connectivity index (χ2v) is 6.77. The maximum Gasteiger partial charge on any atom is 0.247 e. The quantitative estimate of drug-likeness (QED) is 0.912. The van der Waals surface area contributed by atoms with Gasteiger partial charge in [0.25, 0.3) is 0 Å². The molecular weight excluding hydrogens is 340 g/mol. The van der Waals surface area contributed by atoms with Crippen molar-refractivity contribution in [1.29, 1.82) is 0 Å². The first-order valence-corrected chi connectivity index (χ1v) is 8.28. The summed E-state index contributed by atoms with van der Waals surface area (Å²) in [6.45, 7) is 0.730. The van der Waals surface area contributed by atoms with Crippen LogP contribution in [0.3, 0.4) is 0 Å². The molecule has 4 heteroatoms. The largest absolute Gasteiger partial charge is 0.317 e. The number of halogens is 1. The van der Waals surface area contributed by atoms with Crippen molar-refractivity contribution in [3.8, 4) is 0 Å². The topological polar surface area (TPSA) is 46.3 Å². The molecule has 1 aliphatic heterocycles. The fraction of sp³-hybridized carbons (Fsp3) is 0.278. The van der Waals surface area contributed by atoms with E-state index in [2.05, 4.69) is 15.9 Å². The number of nitrogens with two attached hydrogens (primary N) is 1. The Kier molecular flexibility index (Phi) is 4.32. The van der Waals surface area contributed by atoms with Crippen LogP contribution in [0, 0.1) is 0 Å². The summed E-state index contributed by atoms with van der Waals surface area (Å²) >= 11 is 3.42. The number of anilines is 1. The molecule has 2 aromatic rings. The molecule has 1 unspecified atom stereocenters. The molecule has 3 rings (SSSR count). The Morgan fingerprint density at radius 3 is 2.45 bits per heavy atom. The Morgan fingerprint density at radius 2 is 1.77 bits per heavy atom. The van der Waals surface area contributed by atoms with E-state index in [9.17, 15) is 4.79 Å². The maximum atomic E-state index is 12.9. The molecule has 1 heterocycles. The van der Waals surface area contributed by atoms with Crippen molar-refractivity contribution >= 4 is 27.5 Å². The molecule has 3 nitrogen and oxygen atoms in total. The second kappa shape index (κ2) is 6.23. The Bertz CT molecular complexity index is 657. The van der Waals surface area contributed by atoms with E-state index in [0.717, 1.165) is 35.1 Å². The lowest BCUT2D eigenvalue weighted by Crippen LogP contribution is -2.60. The zero-order chi connectivity index (χ0) is 15.6. The average molecular weight is 359 g/mol. The van der Waals surface area contributed by atoms with Crippen LogP contribution in [0.5, 0.6) is 0 Å². The Hall–Kier alpha value is -1.65. The van der Waals surface area contributed by atoms with E-state index >= 15 is 0 Å². The molecular formula is C18H19BrN2O. The lowest BCUT2D eigenvalue weighted by Gasteiger charge is -2.39. The molecule has 2 aromatic carbocycles. The van der Waals surface area contributed by atoms with Gasteiger partial charge in [0.1, 0.15) is 5.54 Å². The van der Waals surface area contributed by atoms with E-state index in [4.69, 9.17) is 5.73 Å². The van der Waals surface area contributed by atoms with Gasteiger partial charge >= 0.3 is 0 Å². The van der Waals surface area contributed by atoms with E-state index in [1.807, 2.05) is 59.5 Å². The average Bonchev–Trinajstić information content (AvgIpc) is 2.52. The molecule has 1 fully saturated rings. The van der Waals surface area contributed by atoms with Gasteiger partial charge in [-0.1, -0.05) is 46.3 Å². The van der Waals surface area contributed by atoms with Crippen molar-refractivity contribution in [2.75, 3.05) is 11.4 Å². The van der Waals surface area contributed by atoms with Crippen molar-refractivity contribution in [2.45, 2.75) is 24.8 Å². The van der Waals surface area contributed by atoms with E-state index < -0.39 is 5.54 Å². The Morgan fingerprint density at radius 1 is 1.09 bits per heavy atom. The van der Waals surface area contributed by atoms with E-state index in [1.54, 1.807) is 0 Å². The third-order valence-electron chi connectivity index (χ3n) is 4.18. The Balaban J connectivity index is 1.84. The molecule has 0 bridgehead atoms. The summed E-state index contributed by atoms with van der Waals surface area (Å²) in [5.41, 5.74) is 7.70. The summed E-state index contributed by atoms with van der Waals surface area (Å²) in [7, 11) is 0. The van der Waals surface area contributed by atoms with Gasteiger partial charge in [0.05, 0.1) is 0 Å². The summed E-state index contributed by atoms with van der Waals surface area (Å²) in [6.07, 6.45) is 2.23. The van der Waals surface area contributed by atoms with Crippen LogP contribution in [0.15, 0.2) is 59.1 Å². The van der Waals surface area contributed by atoms with Crippen LogP contribution in [0.2, 0.25) is 0 Å². The minimum atomic E-state index is -0.813. The number of carbonyl (C=O) groups is 1. The van der Waals surface area contributed by atoms with Gasteiger partial charge in [-0.05, 0) is 49.1 Å². The standard InChI is InChI=1S/C18H19BrN2O/c19-15-7-9-16(10-8-15)21-12-4-11-18(20,17(21)22)13-14-5-2-1-3-6-14/h1-3,5-10H,4,11-13,20H2. The SMILES string of the molecule is NC1(Cc2ccccc2)CCCN(c2ccc(Br)cc2)C1=O. The normalized spacial score (nSPS) is 21.9. The van der Waals surface area contributed by atoms with Crippen LogP contribution in [-0.2, 0) is 11.2 Å². The maximum absolute atomic E-state index is 12.9. The predicted molar refractivity (Wildman–Crippen MR) is 92.8 cm³/mol. The number of carbonyl (C=O) groups excluding carboxylic acids is 1. The number of amides is 1. The van der Waals surface area contributed by atoms with Gasteiger partial charge in [-0.2, -0.15) is 0 Å². The molecule has 0 radical (unpaired) electrons. The van der Waals surface area contributed by atoms with Crippen LogP contribution < -0.4 is 10.6 Å². The first-order chi connectivity index (χ1) is 10.6. The molecule has 0 spiro atoms. The first-order valence-electron chi connectivity index (χ1n) is 7.49. The van der Waals surface area contributed by atoms with Gasteiger partial charge in [0.2, 0.25) is 5.91 Å². The van der Waals surface area contributed by atoms with E-state index in [0.29, 0.717) is 6.42 Å². The number of piperidine rings is 1. The van der Waals surface area contributed by atoms with Crippen LogP contribution in [-0.4, -0.2) is 18.0 Å².